The van der Waals surface area contributed by atoms with Crippen LogP contribution in [0.1, 0.15) is 37.2 Å². The van der Waals surface area contributed by atoms with Gasteiger partial charge in [-0.15, -0.1) is 0 Å². The SMILES string of the molecule is O=C(CN1C(=O)NC2(CCC(c3ccccc3)CC2)C1=O)Nc1ccccc1. The second kappa shape index (κ2) is 7.46. The molecule has 1 spiro atoms. The summed E-state index contributed by atoms with van der Waals surface area (Å²) in [5.74, 6) is -0.274. The minimum Gasteiger partial charge on any atom is -0.325 e. The number of amides is 4. The topological polar surface area (TPSA) is 78.5 Å². The van der Waals surface area contributed by atoms with E-state index < -0.39 is 11.6 Å². The average Bonchev–Trinajstić information content (AvgIpc) is 2.94. The van der Waals surface area contributed by atoms with Crippen LogP contribution in [0.2, 0.25) is 0 Å². The molecule has 0 unspecified atom stereocenters. The van der Waals surface area contributed by atoms with Crippen LogP contribution in [0.15, 0.2) is 60.7 Å². The zero-order chi connectivity index (χ0) is 19.6. The van der Waals surface area contributed by atoms with Crippen molar-refractivity contribution in [2.45, 2.75) is 37.1 Å². The maximum Gasteiger partial charge on any atom is 0.325 e. The van der Waals surface area contributed by atoms with Gasteiger partial charge < -0.3 is 10.6 Å². The molecule has 4 amide bonds. The fraction of sp³-hybridized carbons (Fsp3) is 0.318. The fourth-order valence-corrected chi connectivity index (χ4v) is 4.19. The van der Waals surface area contributed by atoms with Crippen LogP contribution in [0.25, 0.3) is 0 Å². The zero-order valence-corrected chi connectivity index (χ0v) is 15.6. The molecule has 1 saturated heterocycles. The maximum atomic E-state index is 13.0. The normalized spacial score (nSPS) is 24.3. The number of nitrogens with zero attached hydrogens (tertiary/aromatic N) is 1. The molecule has 0 atom stereocenters. The van der Waals surface area contributed by atoms with Crippen molar-refractivity contribution in [3.05, 3.63) is 66.2 Å². The van der Waals surface area contributed by atoms with E-state index in [1.54, 1.807) is 12.1 Å². The van der Waals surface area contributed by atoms with Crippen LogP contribution in [0.3, 0.4) is 0 Å². The van der Waals surface area contributed by atoms with Gasteiger partial charge in [-0.05, 0) is 49.3 Å². The monoisotopic (exact) mass is 377 g/mol. The Morgan fingerprint density at radius 3 is 2.25 bits per heavy atom. The minimum atomic E-state index is -0.866. The highest BCUT2D eigenvalue weighted by atomic mass is 16.2. The standard InChI is InChI=1S/C22H23N3O3/c26-19(23-18-9-5-2-6-10-18)15-25-20(27)22(24-21(25)28)13-11-17(12-14-22)16-7-3-1-4-8-16/h1-10,17H,11-15H2,(H,23,26)(H,24,28). The van der Waals surface area contributed by atoms with Gasteiger partial charge in [0.2, 0.25) is 5.91 Å². The lowest BCUT2D eigenvalue weighted by atomic mass is 9.74. The average molecular weight is 377 g/mol. The number of carbonyl (C=O) groups is 3. The molecule has 1 saturated carbocycles. The first-order chi connectivity index (χ1) is 13.6. The van der Waals surface area contributed by atoms with Gasteiger partial charge in [0.25, 0.3) is 5.91 Å². The Bertz CT molecular complexity index is 874. The van der Waals surface area contributed by atoms with Gasteiger partial charge >= 0.3 is 6.03 Å². The Kier molecular flexibility index (Phi) is 4.86. The summed E-state index contributed by atoms with van der Waals surface area (Å²) in [4.78, 5) is 38.7. The predicted molar refractivity (Wildman–Crippen MR) is 106 cm³/mol. The molecule has 4 rings (SSSR count). The highest BCUT2D eigenvalue weighted by Gasteiger charge is 2.52. The lowest BCUT2D eigenvalue weighted by Gasteiger charge is -2.35. The fourth-order valence-electron chi connectivity index (χ4n) is 4.19. The number of imide groups is 1. The number of anilines is 1. The van der Waals surface area contributed by atoms with Crippen molar-refractivity contribution in [2.75, 3.05) is 11.9 Å². The van der Waals surface area contributed by atoms with Crippen LogP contribution in [0.4, 0.5) is 10.5 Å². The van der Waals surface area contributed by atoms with Crippen molar-refractivity contribution < 1.29 is 14.4 Å². The number of para-hydroxylation sites is 1. The van der Waals surface area contributed by atoms with Crippen LogP contribution < -0.4 is 10.6 Å². The number of hydrogen-bond acceptors (Lipinski definition) is 3. The Morgan fingerprint density at radius 2 is 1.61 bits per heavy atom. The molecule has 2 aromatic rings. The second-order valence-corrected chi connectivity index (χ2v) is 7.50. The molecular weight excluding hydrogens is 354 g/mol. The van der Waals surface area contributed by atoms with Gasteiger partial charge in [0.15, 0.2) is 0 Å². The smallest absolute Gasteiger partial charge is 0.325 e. The van der Waals surface area contributed by atoms with E-state index in [1.807, 2.05) is 36.4 Å². The van der Waals surface area contributed by atoms with E-state index in [-0.39, 0.29) is 18.4 Å². The molecule has 6 nitrogen and oxygen atoms in total. The summed E-state index contributed by atoms with van der Waals surface area (Å²) in [6, 6.07) is 18.8. The number of nitrogens with one attached hydrogen (secondary N) is 2. The maximum absolute atomic E-state index is 13.0. The van der Waals surface area contributed by atoms with Gasteiger partial charge in [0.05, 0.1) is 0 Å². The molecule has 2 aromatic carbocycles. The summed E-state index contributed by atoms with van der Waals surface area (Å²) in [6.07, 6.45) is 2.85. The van der Waals surface area contributed by atoms with E-state index in [0.717, 1.165) is 17.7 Å². The number of hydrogen-bond donors (Lipinski definition) is 2. The Labute approximate surface area is 163 Å². The van der Waals surface area contributed by atoms with Crippen LogP contribution in [0.5, 0.6) is 0 Å². The molecule has 1 aliphatic carbocycles. The molecule has 6 heteroatoms. The number of rotatable bonds is 4. The highest BCUT2D eigenvalue weighted by Crippen LogP contribution is 2.40. The largest absolute Gasteiger partial charge is 0.325 e. The lowest BCUT2D eigenvalue weighted by molar-refractivity contribution is -0.134. The first kappa shape index (κ1) is 18.2. The first-order valence-corrected chi connectivity index (χ1v) is 9.61. The molecule has 28 heavy (non-hydrogen) atoms. The third-order valence-electron chi connectivity index (χ3n) is 5.72. The molecule has 0 radical (unpaired) electrons. The van der Waals surface area contributed by atoms with Crippen molar-refractivity contribution in [3.8, 4) is 0 Å². The van der Waals surface area contributed by atoms with E-state index in [1.165, 1.54) is 5.56 Å². The summed E-state index contributed by atoms with van der Waals surface area (Å²) in [6.45, 7) is -0.274. The first-order valence-electron chi connectivity index (χ1n) is 9.61. The minimum absolute atomic E-state index is 0.274. The van der Waals surface area contributed by atoms with Crippen molar-refractivity contribution in [2.24, 2.45) is 0 Å². The molecule has 144 valence electrons. The van der Waals surface area contributed by atoms with Gasteiger partial charge in [-0.2, -0.15) is 0 Å². The van der Waals surface area contributed by atoms with Gasteiger partial charge in [0, 0.05) is 5.69 Å². The molecule has 1 aliphatic heterocycles. The molecule has 2 N–H and O–H groups in total. The van der Waals surface area contributed by atoms with Crippen molar-refractivity contribution in [3.63, 3.8) is 0 Å². The Hall–Kier alpha value is -3.15. The van der Waals surface area contributed by atoms with Crippen molar-refractivity contribution in [1.82, 2.24) is 10.2 Å². The van der Waals surface area contributed by atoms with E-state index >= 15 is 0 Å². The molecular formula is C22H23N3O3. The summed E-state index contributed by atoms with van der Waals surface area (Å²) in [5.41, 5.74) is 1.04. The summed E-state index contributed by atoms with van der Waals surface area (Å²) < 4.78 is 0. The van der Waals surface area contributed by atoms with Crippen LogP contribution in [-0.4, -0.2) is 34.8 Å². The van der Waals surface area contributed by atoms with Crippen molar-refractivity contribution in [1.29, 1.82) is 0 Å². The van der Waals surface area contributed by atoms with Crippen molar-refractivity contribution >= 4 is 23.5 Å². The molecule has 1 heterocycles. The van der Waals surface area contributed by atoms with E-state index in [9.17, 15) is 14.4 Å². The zero-order valence-electron chi connectivity index (χ0n) is 15.6. The van der Waals surface area contributed by atoms with Crippen LogP contribution >= 0.6 is 0 Å². The van der Waals surface area contributed by atoms with Crippen LogP contribution in [0, 0.1) is 0 Å². The van der Waals surface area contributed by atoms with Gasteiger partial charge in [0.1, 0.15) is 12.1 Å². The molecule has 0 bridgehead atoms. The predicted octanol–water partition coefficient (Wildman–Crippen LogP) is 3.27. The van der Waals surface area contributed by atoms with E-state index in [4.69, 9.17) is 0 Å². The number of benzene rings is 2. The molecule has 0 aromatic heterocycles. The van der Waals surface area contributed by atoms with E-state index in [0.29, 0.717) is 24.4 Å². The number of carbonyl (C=O) groups excluding carboxylic acids is 3. The lowest BCUT2D eigenvalue weighted by Crippen LogP contribution is -2.49. The summed E-state index contributed by atoms with van der Waals surface area (Å²) in [7, 11) is 0. The second-order valence-electron chi connectivity index (χ2n) is 7.50. The van der Waals surface area contributed by atoms with E-state index in [2.05, 4.69) is 22.8 Å². The third kappa shape index (κ3) is 3.50. The molecule has 2 fully saturated rings. The van der Waals surface area contributed by atoms with Crippen LogP contribution in [-0.2, 0) is 9.59 Å². The quantitative estimate of drug-likeness (QED) is 0.803. The third-order valence-corrected chi connectivity index (χ3v) is 5.72. The number of urea groups is 1. The summed E-state index contributed by atoms with van der Waals surface area (Å²) in [5, 5.41) is 5.58. The Balaban J connectivity index is 1.39. The van der Waals surface area contributed by atoms with Gasteiger partial charge in [-0.1, -0.05) is 48.5 Å². The summed E-state index contributed by atoms with van der Waals surface area (Å²) >= 11 is 0. The van der Waals surface area contributed by atoms with Gasteiger partial charge in [-0.25, -0.2) is 4.79 Å². The highest BCUT2D eigenvalue weighted by molar-refractivity contribution is 6.10. The Morgan fingerprint density at radius 1 is 1.00 bits per heavy atom. The molecule has 2 aliphatic rings. The van der Waals surface area contributed by atoms with Gasteiger partial charge in [-0.3, -0.25) is 14.5 Å².